The molecule has 0 atom stereocenters. The molecule has 0 saturated carbocycles. The number of ether oxygens (including phenoxy) is 2. The quantitative estimate of drug-likeness (QED) is 0.685. The second-order valence-corrected chi connectivity index (χ2v) is 6.93. The number of morpholine rings is 1. The van der Waals surface area contributed by atoms with E-state index in [0.717, 1.165) is 52.2 Å². The highest BCUT2D eigenvalue weighted by molar-refractivity contribution is 6.03. The van der Waals surface area contributed by atoms with Gasteiger partial charge < -0.3 is 14.4 Å². The Labute approximate surface area is 168 Å². The SMILES string of the molecule is COc1ncccc1-c1cc(N2CCOCC2)nc2c(C3=CC=NC3)nccc12. The van der Waals surface area contributed by atoms with Gasteiger partial charge in [0.25, 0.3) is 0 Å². The minimum Gasteiger partial charge on any atom is -0.481 e. The molecule has 7 nitrogen and oxygen atoms in total. The molecule has 146 valence electrons. The minimum absolute atomic E-state index is 0.592. The van der Waals surface area contributed by atoms with Crippen LogP contribution in [0.1, 0.15) is 5.69 Å². The van der Waals surface area contributed by atoms with Crippen LogP contribution in [-0.4, -0.2) is 61.1 Å². The fourth-order valence-electron chi connectivity index (χ4n) is 3.81. The number of rotatable bonds is 4. The molecule has 0 N–H and O–H groups in total. The summed E-state index contributed by atoms with van der Waals surface area (Å²) >= 11 is 0. The molecule has 0 amide bonds. The zero-order valence-corrected chi connectivity index (χ0v) is 16.2. The topological polar surface area (TPSA) is 72.7 Å². The first-order valence-electron chi connectivity index (χ1n) is 9.66. The molecule has 0 unspecified atom stereocenters. The molecule has 1 fully saturated rings. The molecule has 7 heteroatoms. The van der Waals surface area contributed by atoms with Gasteiger partial charge in [-0.1, -0.05) is 0 Å². The number of hydrogen-bond acceptors (Lipinski definition) is 7. The van der Waals surface area contributed by atoms with Crippen LogP contribution in [0.25, 0.3) is 27.6 Å². The van der Waals surface area contributed by atoms with Crippen LogP contribution in [0.15, 0.2) is 47.7 Å². The van der Waals surface area contributed by atoms with Crippen LogP contribution in [0.3, 0.4) is 0 Å². The van der Waals surface area contributed by atoms with E-state index in [1.165, 1.54) is 0 Å². The molecule has 5 heterocycles. The van der Waals surface area contributed by atoms with Crippen molar-refractivity contribution in [3.8, 4) is 17.0 Å². The van der Waals surface area contributed by atoms with Crippen LogP contribution in [0, 0.1) is 0 Å². The van der Waals surface area contributed by atoms with E-state index in [0.29, 0.717) is 25.6 Å². The van der Waals surface area contributed by atoms with Gasteiger partial charge in [0.2, 0.25) is 5.88 Å². The molecule has 3 aromatic rings. The molecule has 0 bridgehead atoms. The van der Waals surface area contributed by atoms with E-state index >= 15 is 0 Å². The highest BCUT2D eigenvalue weighted by Gasteiger charge is 2.20. The lowest BCUT2D eigenvalue weighted by atomic mass is 10.00. The van der Waals surface area contributed by atoms with Gasteiger partial charge in [-0.2, -0.15) is 0 Å². The number of pyridine rings is 3. The summed E-state index contributed by atoms with van der Waals surface area (Å²) < 4.78 is 11.1. The lowest BCUT2D eigenvalue weighted by molar-refractivity contribution is 0.122. The third kappa shape index (κ3) is 3.23. The van der Waals surface area contributed by atoms with Crippen LogP contribution in [0.4, 0.5) is 5.82 Å². The van der Waals surface area contributed by atoms with Crippen molar-refractivity contribution >= 4 is 28.5 Å². The number of methoxy groups -OCH3 is 1. The summed E-state index contributed by atoms with van der Waals surface area (Å²) in [6.45, 7) is 3.64. The van der Waals surface area contributed by atoms with Crippen molar-refractivity contribution in [3.63, 3.8) is 0 Å². The van der Waals surface area contributed by atoms with Crippen molar-refractivity contribution in [2.45, 2.75) is 0 Å². The average Bonchev–Trinajstić information content (AvgIpc) is 3.33. The van der Waals surface area contributed by atoms with Gasteiger partial charge in [0.05, 0.1) is 38.1 Å². The Morgan fingerprint density at radius 1 is 1.07 bits per heavy atom. The number of hydrogen-bond donors (Lipinski definition) is 0. The molecule has 0 aliphatic carbocycles. The highest BCUT2D eigenvalue weighted by atomic mass is 16.5. The van der Waals surface area contributed by atoms with Gasteiger partial charge in [-0.15, -0.1) is 0 Å². The van der Waals surface area contributed by atoms with Gasteiger partial charge in [-0.05, 0) is 30.3 Å². The first-order valence-corrected chi connectivity index (χ1v) is 9.66. The van der Waals surface area contributed by atoms with E-state index in [-0.39, 0.29) is 0 Å². The average molecular weight is 387 g/mol. The summed E-state index contributed by atoms with van der Waals surface area (Å²) in [6, 6.07) is 8.08. The Morgan fingerprint density at radius 3 is 2.76 bits per heavy atom. The fraction of sp³-hybridized carbons (Fsp3) is 0.273. The zero-order valence-electron chi connectivity index (χ0n) is 16.2. The number of aromatic nitrogens is 3. The molecule has 2 aliphatic rings. The zero-order chi connectivity index (χ0) is 19.6. The summed E-state index contributed by atoms with van der Waals surface area (Å²) in [4.78, 5) is 20.7. The van der Waals surface area contributed by atoms with Crippen LogP contribution >= 0.6 is 0 Å². The predicted octanol–water partition coefficient (Wildman–Crippen LogP) is 3.00. The number of aliphatic imine (C=N–C) groups is 1. The van der Waals surface area contributed by atoms with E-state index in [1.807, 2.05) is 36.7 Å². The molecular formula is C22H21N5O2. The molecule has 0 aromatic carbocycles. The summed E-state index contributed by atoms with van der Waals surface area (Å²) in [7, 11) is 1.64. The third-order valence-electron chi connectivity index (χ3n) is 5.25. The number of allylic oxidation sites excluding steroid dienone is 1. The highest BCUT2D eigenvalue weighted by Crippen LogP contribution is 2.37. The summed E-state index contributed by atoms with van der Waals surface area (Å²) in [5, 5.41) is 1.02. The molecule has 29 heavy (non-hydrogen) atoms. The molecule has 3 aromatic heterocycles. The molecule has 0 spiro atoms. The second kappa shape index (κ2) is 7.60. The van der Waals surface area contributed by atoms with Crippen molar-refractivity contribution in [1.82, 2.24) is 15.0 Å². The first-order chi connectivity index (χ1) is 14.3. The lowest BCUT2D eigenvalue weighted by Gasteiger charge is -2.28. The van der Waals surface area contributed by atoms with Gasteiger partial charge in [-0.3, -0.25) is 9.98 Å². The first kappa shape index (κ1) is 17.8. The summed E-state index contributed by atoms with van der Waals surface area (Å²) in [5.74, 6) is 1.50. The Balaban J connectivity index is 1.77. The van der Waals surface area contributed by atoms with Crippen LogP contribution in [0.5, 0.6) is 5.88 Å². The smallest absolute Gasteiger partial charge is 0.221 e. The van der Waals surface area contributed by atoms with Crippen LogP contribution < -0.4 is 9.64 Å². The normalized spacial score (nSPS) is 16.3. The maximum atomic E-state index is 5.55. The molecule has 2 aliphatic heterocycles. The Bertz CT molecular complexity index is 1120. The van der Waals surface area contributed by atoms with Crippen molar-refractivity contribution in [2.75, 3.05) is 44.9 Å². The third-order valence-corrected chi connectivity index (χ3v) is 5.25. The molecule has 0 radical (unpaired) electrons. The molecule has 1 saturated heterocycles. The minimum atomic E-state index is 0.592. The Hall–Kier alpha value is -3.32. The summed E-state index contributed by atoms with van der Waals surface area (Å²) in [5.41, 5.74) is 4.79. The van der Waals surface area contributed by atoms with Crippen molar-refractivity contribution in [3.05, 3.63) is 48.4 Å². The lowest BCUT2D eigenvalue weighted by Crippen LogP contribution is -2.36. The van der Waals surface area contributed by atoms with Crippen LogP contribution in [0.2, 0.25) is 0 Å². The monoisotopic (exact) mass is 387 g/mol. The fourth-order valence-corrected chi connectivity index (χ4v) is 3.81. The van der Waals surface area contributed by atoms with E-state index in [9.17, 15) is 0 Å². The maximum absolute atomic E-state index is 5.55. The van der Waals surface area contributed by atoms with E-state index in [1.54, 1.807) is 13.3 Å². The largest absolute Gasteiger partial charge is 0.481 e. The van der Waals surface area contributed by atoms with Gasteiger partial charge in [-0.25, -0.2) is 9.97 Å². The predicted molar refractivity (Wildman–Crippen MR) is 114 cm³/mol. The van der Waals surface area contributed by atoms with Crippen molar-refractivity contribution < 1.29 is 9.47 Å². The van der Waals surface area contributed by atoms with Gasteiger partial charge in [0, 0.05) is 53.8 Å². The van der Waals surface area contributed by atoms with Gasteiger partial charge in [0.15, 0.2) is 0 Å². The number of nitrogens with zero attached hydrogens (tertiary/aromatic N) is 5. The Morgan fingerprint density at radius 2 is 1.97 bits per heavy atom. The molecular weight excluding hydrogens is 366 g/mol. The number of anilines is 1. The van der Waals surface area contributed by atoms with Gasteiger partial charge >= 0.3 is 0 Å². The van der Waals surface area contributed by atoms with E-state index < -0.39 is 0 Å². The molecule has 5 rings (SSSR count). The summed E-state index contributed by atoms with van der Waals surface area (Å²) in [6.07, 6.45) is 7.41. The standard InChI is InChI=1S/C22H21N5O2/c1-28-22-17(3-2-6-25-22)18-13-19(27-9-11-29-12-10-27)26-21-16(18)5-8-24-20(21)15-4-7-23-14-15/h2-8,13H,9-12,14H2,1H3. The van der Waals surface area contributed by atoms with E-state index in [2.05, 4.69) is 25.9 Å². The van der Waals surface area contributed by atoms with Crippen molar-refractivity contribution in [2.24, 2.45) is 4.99 Å². The number of fused-ring (bicyclic) bond motifs is 1. The Kier molecular flexibility index (Phi) is 4.65. The van der Waals surface area contributed by atoms with Crippen molar-refractivity contribution in [1.29, 1.82) is 0 Å². The maximum Gasteiger partial charge on any atom is 0.221 e. The second-order valence-electron chi connectivity index (χ2n) is 6.93. The van der Waals surface area contributed by atoms with E-state index in [4.69, 9.17) is 14.5 Å². The van der Waals surface area contributed by atoms with Gasteiger partial charge in [0.1, 0.15) is 5.82 Å². The van der Waals surface area contributed by atoms with Crippen LogP contribution in [-0.2, 0) is 4.74 Å².